The van der Waals surface area contributed by atoms with Gasteiger partial charge in [0.2, 0.25) is 11.8 Å². The Balaban J connectivity index is 1.95. The fourth-order valence-corrected chi connectivity index (χ4v) is 6.78. The molecule has 1 aliphatic heterocycles. The summed E-state index contributed by atoms with van der Waals surface area (Å²) in [6.07, 6.45) is 0.142. The molecular weight excluding hydrogens is 844 g/mol. The minimum Gasteiger partial charge on any atom is -0.481 e. The highest BCUT2D eigenvalue weighted by Gasteiger charge is 2.24. The highest BCUT2D eigenvalue weighted by molar-refractivity contribution is 5.83. The van der Waals surface area contributed by atoms with E-state index in [9.17, 15) is 63.6 Å². The number of benzene rings is 1. The largest absolute Gasteiger partial charge is 0.481 e. The quantitative estimate of drug-likeness (QED) is 0.0295. The molecule has 1 aromatic rings. The molecule has 1 heterocycles. The molecule has 1 aliphatic rings. The second-order valence-corrected chi connectivity index (χ2v) is 15.6. The Hall–Kier alpha value is -5.91. The Labute approximate surface area is 371 Å². The lowest BCUT2D eigenvalue weighted by molar-refractivity contribution is -0.141. The number of nitrogens with one attached hydrogen (secondary N) is 3. The number of unbranched alkanes of at least 4 members (excludes halogenated alkanes) is 2. The summed E-state index contributed by atoms with van der Waals surface area (Å²) in [7, 11) is 0. The molecule has 8 N–H and O–H groups in total. The Bertz CT molecular complexity index is 1650. The van der Waals surface area contributed by atoms with Crippen LogP contribution < -0.4 is 16.0 Å². The van der Waals surface area contributed by atoms with Gasteiger partial charge in [0, 0.05) is 91.3 Å². The summed E-state index contributed by atoms with van der Waals surface area (Å²) >= 11 is 0. The van der Waals surface area contributed by atoms with E-state index in [1.807, 2.05) is 36.1 Å². The van der Waals surface area contributed by atoms with E-state index in [1.54, 1.807) is 19.6 Å². The number of carbonyl (C=O) groups is 9. The van der Waals surface area contributed by atoms with E-state index in [0.717, 1.165) is 11.1 Å². The van der Waals surface area contributed by atoms with Crippen molar-refractivity contribution in [3.63, 3.8) is 0 Å². The van der Waals surface area contributed by atoms with Crippen molar-refractivity contribution < 1.29 is 73.4 Å². The van der Waals surface area contributed by atoms with Crippen LogP contribution >= 0.6 is 0 Å². The van der Waals surface area contributed by atoms with Crippen LogP contribution in [0.5, 0.6) is 0 Å². The average Bonchev–Trinajstić information content (AvgIpc) is 3.21. The Morgan fingerprint density at radius 3 is 1.64 bits per heavy atom. The summed E-state index contributed by atoms with van der Waals surface area (Å²) in [4.78, 5) is 116. The van der Waals surface area contributed by atoms with Crippen LogP contribution in [0.1, 0.15) is 62.5 Å². The van der Waals surface area contributed by atoms with Crippen molar-refractivity contribution >= 4 is 54.2 Å². The molecule has 1 fully saturated rings. The van der Waals surface area contributed by atoms with Gasteiger partial charge in [0.25, 0.3) is 6.47 Å². The van der Waals surface area contributed by atoms with Gasteiger partial charge in [0.15, 0.2) is 6.23 Å². The molecule has 4 amide bonds. The van der Waals surface area contributed by atoms with Crippen molar-refractivity contribution in [1.29, 1.82) is 0 Å². The van der Waals surface area contributed by atoms with Crippen molar-refractivity contribution in [1.82, 2.24) is 40.4 Å². The van der Waals surface area contributed by atoms with Gasteiger partial charge in [0.05, 0.1) is 26.2 Å². The zero-order valence-corrected chi connectivity index (χ0v) is 36.4. The van der Waals surface area contributed by atoms with Gasteiger partial charge in [-0.3, -0.25) is 53.2 Å². The number of urea groups is 1. The summed E-state index contributed by atoms with van der Waals surface area (Å²) in [5, 5.41) is 53.9. The third kappa shape index (κ3) is 24.7. The first kappa shape index (κ1) is 54.2. The minimum absolute atomic E-state index is 0.0369. The molecule has 1 saturated heterocycles. The maximum absolute atomic E-state index is 13.5. The molecule has 2 atom stereocenters. The molecule has 0 aromatic heterocycles. The highest BCUT2D eigenvalue weighted by atomic mass is 16.5. The fourth-order valence-electron chi connectivity index (χ4n) is 6.78. The smallest absolute Gasteiger partial charge is 0.326 e. The molecule has 0 radical (unpaired) electrons. The van der Waals surface area contributed by atoms with Gasteiger partial charge in [-0.1, -0.05) is 29.8 Å². The lowest BCUT2D eigenvalue weighted by Crippen LogP contribution is -2.49. The molecule has 0 spiro atoms. The molecule has 1 aromatic carbocycles. The van der Waals surface area contributed by atoms with Crippen LogP contribution in [0.3, 0.4) is 0 Å². The fraction of sp³-hybridized carbons (Fsp3) is 0.634. The van der Waals surface area contributed by atoms with Crippen LogP contribution in [0, 0.1) is 6.92 Å². The number of rotatable bonds is 28. The highest BCUT2D eigenvalue weighted by Crippen LogP contribution is 2.13. The van der Waals surface area contributed by atoms with Gasteiger partial charge < -0.3 is 51.1 Å². The SMILES string of the molecule is Cc1ccc(CN(CCCC[C@@H](NC(=O)N[C@H](CCC(=O)O)C(=O)O)OC=O)C(=O)CCCCNC(=O)CN2CCN(CC(=O)O)CCN(CC(=O)O)CCN(CC(=O)O)CC2)cc1. The number of nitrogens with zero attached hydrogens (tertiary/aromatic N) is 5. The van der Waals surface area contributed by atoms with E-state index < -0.39 is 54.6 Å². The number of hydrogen-bond donors (Lipinski definition) is 8. The van der Waals surface area contributed by atoms with E-state index >= 15 is 0 Å². The molecule has 2 rings (SSSR count). The standard InChI is InChI=1S/C41H64N8O15/c1-30-8-10-31(11-9-30)24-49(15-5-3-6-34(64-29-50)44-41(63)43-32(40(61)62)12-13-36(53)54)35(52)7-2-4-14-42-33(51)25-45-16-18-46(26-37(55)56)20-22-48(28-39(59)60)23-21-47(19-17-45)27-38(57)58/h8-11,29,32,34H,2-7,12-28H2,1H3,(H,42,51)(H,53,54)(H,55,56)(H,57,58)(H,59,60)(H,61,62)(H2,43,44,63)/t32-,34+/m1/s1. The van der Waals surface area contributed by atoms with Crippen LogP contribution in [0.25, 0.3) is 0 Å². The molecule has 0 bridgehead atoms. The average molecular weight is 909 g/mol. The summed E-state index contributed by atoms with van der Waals surface area (Å²) in [5.74, 6) is -6.25. The number of ether oxygens (including phenoxy) is 1. The van der Waals surface area contributed by atoms with Gasteiger partial charge >= 0.3 is 35.9 Å². The van der Waals surface area contributed by atoms with Gasteiger partial charge in [-0.15, -0.1) is 0 Å². The molecule has 64 heavy (non-hydrogen) atoms. The van der Waals surface area contributed by atoms with Gasteiger partial charge in [0.1, 0.15) is 6.04 Å². The van der Waals surface area contributed by atoms with Gasteiger partial charge in [-0.25, -0.2) is 9.59 Å². The Morgan fingerprint density at radius 1 is 0.656 bits per heavy atom. The van der Waals surface area contributed by atoms with E-state index in [4.69, 9.17) is 9.84 Å². The van der Waals surface area contributed by atoms with Crippen molar-refractivity contribution in [2.75, 3.05) is 91.6 Å². The van der Waals surface area contributed by atoms with Crippen LogP contribution in [-0.4, -0.2) is 208 Å². The van der Waals surface area contributed by atoms with Crippen molar-refractivity contribution in [2.45, 2.75) is 77.1 Å². The van der Waals surface area contributed by atoms with E-state index in [1.165, 1.54) is 0 Å². The molecule has 0 unspecified atom stereocenters. The molecule has 23 nitrogen and oxygen atoms in total. The lowest BCUT2D eigenvalue weighted by Gasteiger charge is -2.32. The maximum Gasteiger partial charge on any atom is 0.326 e. The van der Waals surface area contributed by atoms with Gasteiger partial charge in [-0.05, 0) is 44.6 Å². The first-order chi connectivity index (χ1) is 30.4. The third-order valence-corrected chi connectivity index (χ3v) is 10.3. The summed E-state index contributed by atoms with van der Waals surface area (Å²) < 4.78 is 4.96. The van der Waals surface area contributed by atoms with Crippen LogP contribution in [0.4, 0.5) is 4.79 Å². The molecule has 0 saturated carbocycles. The third-order valence-electron chi connectivity index (χ3n) is 10.3. The second-order valence-electron chi connectivity index (χ2n) is 15.6. The van der Waals surface area contributed by atoms with E-state index in [-0.39, 0.29) is 110 Å². The number of aryl methyl sites for hydroxylation is 1. The number of amides is 4. The zero-order valence-electron chi connectivity index (χ0n) is 36.4. The predicted molar refractivity (Wildman–Crippen MR) is 227 cm³/mol. The number of hydrogen-bond acceptors (Lipinski definition) is 14. The normalized spacial score (nSPS) is 15.6. The first-order valence-electron chi connectivity index (χ1n) is 21.2. The number of carbonyl (C=O) groups excluding carboxylic acids is 4. The molecule has 23 heteroatoms. The Morgan fingerprint density at radius 2 is 1.17 bits per heavy atom. The Kier molecular flexibility index (Phi) is 25.6. The monoisotopic (exact) mass is 908 g/mol. The van der Waals surface area contributed by atoms with Crippen LogP contribution in [0.15, 0.2) is 24.3 Å². The van der Waals surface area contributed by atoms with E-state index in [0.29, 0.717) is 51.9 Å². The van der Waals surface area contributed by atoms with Crippen LogP contribution in [-0.2, 0) is 49.6 Å². The van der Waals surface area contributed by atoms with Crippen molar-refractivity contribution in [3.8, 4) is 0 Å². The topological polar surface area (TPSA) is 316 Å². The van der Waals surface area contributed by atoms with Crippen LogP contribution in [0.2, 0.25) is 0 Å². The van der Waals surface area contributed by atoms with Crippen molar-refractivity contribution in [2.24, 2.45) is 0 Å². The summed E-state index contributed by atoms with van der Waals surface area (Å²) in [5.41, 5.74) is 1.95. The van der Waals surface area contributed by atoms with Crippen molar-refractivity contribution in [3.05, 3.63) is 35.4 Å². The zero-order chi connectivity index (χ0) is 47.4. The number of carboxylic acids is 5. The minimum atomic E-state index is -1.48. The second kappa shape index (κ2) is 30.2. The molecular formula is C41H64N8O15. The van der Waals surface area contributed by atoms with E-state index in [2.05, 4.69) is 16.0 Å². The molecule has 358 valence electrons. The summed E-state index contributed by atoms with van der Waals surface area (Å²) in [6.45, 7) is 4.29. The lowest BCUT2D eigenvalue weighted by atomic mass is 10.1. The number of aliphatic carboxylic acids is 5. The maximum atomic E-state index is 13.5. The molecule has 0 aliphatic carbocycles. The number of carboxylic acid groups (broad SMARTS) is 5. The summed E-state index contributed by atoms with van der Waals surface area (Å²) in [6, 6.07) is 5.27. The first-order valence-corrected chi connectivity index (χ1v) is 21.2. The van der Waals surface area contributed by atoms with Gasteiger partial charge in [-0.2, -0.15) is 0 Å². The predicted octanol–water partition coefficient (Wildman–Crippen LogP) is -0.628.